The zero-order chi connectivity index (χ0) is 26.7. The summed E-state index contributed by atoms with van der Waals surface area (Å²) in [4.78, 5) is 19.1. The number of nitrogens with zero attached hydrogens (tertiary/aromatic N) is 2. The van der Waals surface area contributed by atoms with Crippen molar-refractivity contribution in [3.8, 4) is 11.6 Å². The maximum atomic E-state index is 13.6. The number of benzene rings is 2. The van der Waals surface area contributed by atoms with Crippen LogP contribution in [0.25, 0.3) is 0 Å². The molecule has 5 atom stereocenters. The summed E-state index contributed by atoms with van der Waals surface area (Å²) >= 11 is 6.21. The average molecular weight is 531 g/mol. The lowest BCUT2D eigenvalue weighted by Crippen LogP contribution is -2.52. The van der Waals surface area contributed by atoms with E-state index in [9.17, 15) is 23.8 Å². The summed E-state index contributed by atoms with van der Waals surface area (Å²) in [7, 11) is 4.43. The van der Waals surface area contributed by atoms with Crippen LogP contribution in [0.1, 0.15) is 34.6 Å². The van der Waals surface area contributed by atoms with Gasteiger partial charge in [-0.25, -0.2) is 13.8 Å². The molecule has 10 heteroatoms. The lowest BCUT2D eigenvalue weighted by Gasteiger charge is -2.40. The zero-order valence-corrected chi connectivity index (χ0v) is 21.0. The lowest BCUT2D eigenvalue weighted by molar-refractivity contribution is -0.156. The number of methoxy groups -OCH3 is 1. The summed E-state index contributed by atoms with van der Waals surface area (Å²) in [6, 6.07) is 15.6. The molecular formula is C27H25ClF2N2O5. The molecule has 2 heterocycles. The minimum absolute atomic E-state index is 0.0223. The number of carbonyl (C=O) groups excluding carboxylic acids is 1. The summed E-state index contributed by atoms with van der Waals surface area (Å²) in [6.45, 7) is 0. The standard InChI is InChI=1S/C27H25ClF2N2O5/c1-32(2)25(34)19-20(14-7-5-4-6-8-14)27(16-11-9-15(10-12-16)23(29)30)26(35,22(19)33)21-17(37-27)13-18(28)31-24(21)36-3/h4-13,19-20,22-23,33,35H,1-3H3. The molecule has 0 saturated heterocycles. The number of halogens is 3. The molecule has 0 bridgehead atoms. The van der Waals surface area contributed by atoms with Crippen LogP contribution in [-0.2, 0) is 16.0 Å². The minimum atomic E-state index is -2.71. The van der Waals surface area contributed by atoms with Gasteiger partial charge in [0.2, 0.25) is 11.8 Å². The molecule has 1 aliphatic heterocycles. The summed E-state index contributed by atoms with van der Waals surface area (Å²) in [5.74, 6) is -2.55. The molecule has 1 aliphatic carbocycles. The third-order valence-electron chi connectivity index (χ3n) is 7.37. The molecule has 1 aromatic heterocycles. The average Bonchev–Trinajstić information content (AvgIpc) is 3.26. The second kappa shape index (κ2) is 8.93. The van der Waals surface area contributed by atoms with Gasteiger partial charge < -0.3 is 24.6 Å². The third-order valence-corrected chi connectivity index (χ3v) is 7.57. The van der Waals surface area contributed by atoms with Gasteiger partial charge in [-0.3, -0.25) is 4.79 Å². The lowest BCUT2D eigenvalue weighted by atomic mass is 9.70. The van der Waals surface area contributed by atoms with Crippen LogP contribution in [0.4, 0.5) is 8.78 Å². The number of ether oxygens (including phenoxy) is 2. The number of aliphatic hydroxyl groups excluding tert-OH is 1. The Bertz CT molecular complexity index is 1340. The second-order valence-electron chi connectivity index (χ2n) is 9.45. The fraction of sp³-hybridized carbons (Fsp3) is 0.333. The van der Waals surface area contributed by atoms with Crippen molar-refractivity contribution in [2.45, 2.75) is 29.6 Å². The third kappa shape index (κ3) is 3.44. The molecule has 1 saturated carbocycles. The Balaban J connectivity index is 1.88. The summed E-state index contributed by atoms with van der Waals surface area (Å²) in [5, 5.41) is 24.5. The predicted octanol–water partition coefficient (Wildman–Crippen LogP) is 4.02. The molecule has 0 radical (unpaired) electrons. The van der Waals surface area contributed by atoms with E-state index in [0.29, 0.717) is 5.56 Å². The quantitative estimate of drug-likeness (QED) is 0.484. The van der Waals surface area contributed by atoms with Gasteiger partial charge in [0.15, 0.2) is 11.2 Å². The van der Waals surface area contributed by atoms with Gasteiger partial charge in [-0.05, 0) is 11.1 Å². The zero-order valence-electron chi connectivity index (χ0n) is 20.2. The number of hydrogen-bond donors (Lipinski definition) is 2. The SMILES string of the molecule is COc1nc(Cl)cc2c1C1(O)C(O)C(C(=O)N(C)C)C(c3ccccc3)C1(c1ccc(C(F)F)cc1)O2. The minimum Gasteiger partial charge on any atom is -0.481 e. The molecule has 5 rings (SSSR count). The Labute approximate surface area is 217 Å². The van der Waals surface area contributed by atoms with Gasteiger partial charge in [0, 0.05) is 31.6 Å². The van der Waals surface area contributed by atoms with Crippen molar-refractivity contribution in [2.24, 2.45) is 5.92 Å². The van der Waals surface area contributed by atoms with Crippen molar-refractivity contribution in [2.75, 3.05) is 21.2 Å². The van der Waals surface area contributed by atoms with Gasteiger partial charge >= 0.3 is 0 Å². The highest BCUT2D eigenvalue weighted by Crippen LogP contribution is 2.70. The molecule has 2 aromatic carbocycles. The van der Waals surface area contributed by atoms with Crippen LogP contribution in [0.15, 0.2) is 60.7 Å². The molecule has 1 amide bonds. The molecule has 3 aromatic rings. The number of rotatable bonds is 5. The molecule has 37 heavy (non-hydrogen) atoms. The Morgan fingerprint density at radius 2 is 1.81 bits per heavy atom. The van der Waals surface area contributed by atoms with Crippen molar-refractivity contribution in [3.63, 3.8) is 0 Å². The monoisotopic (exact) mass is 530 g/mol. The molecule has 7 nitrogen and oxygen atoms in total. The van der Waals surface area contributed by atoms with Crippen LogP contribution in [0.2, 0.25) is 5.15 Å². The fourth-order valence-corrected chi connectivity index (χ4v) is 6.04. The van der Waals surface area contributed by atoms with Crippen molar-refractivity contribution >= 4 is 17.5 Å². The maximum absolute atomic E-state index is 13.6. The van der Waals surface area contributed by atoms with Gasteiger partial charge in [0.25, 0.3) is 6.43 Å². The number of aromatic nitrogens is 1. The van der Waals surface area contributed by atoms with Crippen molar-refractivity contribution < 1.29 is 33.3 Å². The van der Waals surface area contributed by atoms with Gasteiger partial charge in [-0.2, -0.15) is 0 Å². The number of alkyl halides is 2. The van der Waals surface area contributed by atoms with Crippen LogP contribution < -0.4 is 9.47 Å². The maximum Gasteiger partial charge on any atom is 0.263 e. The van der Waals surface area contributed by atoms with E-state index in [-0.39, 0.29) is 33.5 Å². The smallest absolute Gasteiger partial charge is 0.263 e. The highest BCUT2D eigenvalue weighted by atomic mass is 35.5. The van der Waals surface area contributed by atoms with Crippen molar-refractivity contribution in [1.29, 1.82) is 0 Å². The number of fused-ring (bicyclic) bond motifs is 3. The van der Waals surface area contributed by atoms with E-state index in [1.165, 1.54) is 42.3 Å². The number of amides is 1. The van der Waals surface area contributed by atoms with Gasteiger partial charge in [0.05, 0.1) is 18.6 Å². The van der Waals surface area contributed by atoms with Gasteiger partial charge in [-0.1, -0.05) is 66.2 Å². The molecule has 1 fully saturated rings. The Morgan fingerprint density at radius 3 is 2.38 bits per heavy atom. The molecule has 2 aliphatic rings. The number of pyridine rings is 1. The number of carbonyl (C=O) groups is 1. The van der Waals surface area contributed by atoms with E-state index in [0.717, 1.165) is 0 Å². The van der Waals surface area contributed by atoms with E-state index in [1.54, 1.807) is 44.4 Å². The normalized spacial score (nSPS) is 28.0. The number of hydrogen-bond acceptors (Lipinski definition) is 6. The topological polar surface area (TPSA) is 92.1 Å². The number of aliphatic hydroxyl groups is 2. The van der Waals surface area contributed by atoms with Gasteiger partial charge in [0.1, 0.15) is 17.0 Å². The first kappa shape index (κ1) is 25.4. The molecule has 2 N–H and O–H groups in total. The predicted molar refractivity (Wildman–Crippen MR) is 131 cm³/mol. The van der Waals surface area contributed by atoms with Crippen LogP contribution in [0.3, 0.4) is 0 Å². The fourth-order valence-electron chi connectivity index (χ4n) is 5.86. The molecule has 194 valence electrons. The summed E-state index contributed by atoms with van der Waals surface area (Å²) < 4.78 is 38.8. The Kier molecular flexibility index (Phi) is 6.13. The first-order valence-electron chi connectivity index (χ1n) is 11.6. The summed E-state index contributed by atoms with van der Waals surface area (Å²) in [5.41, 5.74) is -3.41. The Morgan fingerprint density at radius 1 is 1.16 bits per heavy atom. The van der Waals surface area contributed by atoms with Crippen molar-refractivity contribution in [1.82, 2.24) is 9.88 Å². The van der Waals surface area contributed by atoms with Crippen LogP contribution in [0.5, 0.6) is 11.6 Å². The van der Waals surface area contributed by atoms with Crippen LogP contribution in [-0.4, -0.2) is 53.3 Å². The van der Waals surface area contributed by atoms with Gasteiger partial charge in [-0.15, -0.1) is 0 Å². The Hall–Kier alpha value is -3.27. The largest absolute Gasteiger partial charge is 0.481 e. The van der Waals surface area contributed by atoms with E-state index in [1.807, 2.05) is 0 Å². The van der Waals surface area contributed by atoms with E-state index in [2.05, 4.69) is 4.98 Å². The van der Waals surface area contributed by atoms with E-state index < -0.39 is 41.5 Å². The van der Waals surface area contributed by atoms with Crippen LogP contribution in [0, 0.1) is 5.92 Å². The van der Waals surface area contributed by atoms with Crippen molar-refractivity contribution in [3.05, 3.63) is 88.1 Å². The van der Waals surface area contributed by atoms with Crippen LogP contribution >= 0.6 is 11.6 Å². The molecular weight excluding hydrogens is 506 g/mol. The highest BCUT2D eigenvalue weighted by molar-refractivity contribution is 6.29. The first-order valence-corrected chi connectivity index (χ1v) is 11.9. The second-order valence-corrected chi connectivity index (χ2v) is 9.83. The summed E-state index contributed by atoms with van der Waals surface area (Å²) in [6.07, 6.45) is -4.40. The first-order chi connectivity index (χ1) is 17.6. The van der Waals surface area contributed by atoms with E-state index >= 15 is 0 Å². The molecule has 0 spiro atoms. The molecule has 5 unspecified atom stereocenters. The highest BCUT2D eigenvalue weighted by Gasteiger charge is 2.78. The van der Waals surface area contributed by atoms with E-state index in [4.69, 9.17) is 21.1 Å².